The molecule has 0 unspecified atom stereocenters. The number of benzene rings is 2. The van der Waals surface area contributed by atoms with Gasteiger partial charge in [-0.15, -0.1) is 0 Å². The van der Waals surface area contributed by atoms with E-state index in [9.17, 15) is 13.2 Å². The monoisotopic (exact) mass is 360 g/mol. The van der Waals surface area contributed by atoms with E-state index in [0.717, 1.165) is 12.8 Å². The maximum absolute atomic E-state index is 12.3. The van der Waals surface area contributed by atoms with E-state index in [4.69, 9.17) is 4.74 Å². The van der Waals surface area contributed by atoms with E-state index in [-0.39, 0.29) is 16.8 Å². The van der Waals surface area contributed by atoms with Gasteiger partial charge in [-0.05, 0) is 50.1 Å². The van der Waals surface area contributed by atoms with Gasteiger partial charge >= 0.3 is 0 Å². The highest BCUT2D eigenvalue weighted by molar-refractivity contribution is 7.89. The molecule has 0 aliphatic heterocycles. The molecule has 1 fully saturated rings. The molecule has 1 amide bonds. The third-order valence-electron chi connectivity index (χ3n) is 3.74. The van der Waals surface area contributed by atoms with Crippen LogP contribution in [-0.2, 0) is 14.8 Å². The lowest BCUT2D eigenvalue weighted by Crippen LogP contribution is -2.30. The van der Waals surface area contributed by atoms with E-state index in [1.807, 2.05) is 18.2 Å². The molecule has 2 aromatic rings. The molecule has 132 valence electrons. The molecule has 0 aromatic heterocycles. The molecule has 25 heavy (non-hydrogen) atoms. The lowest BCUT2D eigenvalue weighted by molar-refractivity contribution is -0.122. The third-order valence-corrected chi connectivity index (χ3v) is 5.25. The van der Waals surface area contributed by atoms with E-state index < -0.39 is 16.1 Å². The van der Waals surface area contributed by atoms with Crippen molar-refractivity contribution in [3.63, 3.8) is 0 Å². The number of rotatable bonds is 7. The zero-order chi connectivity index (χ0) is 17.9. The van der Waals surface area contributed by atoms with Gasteiger partial charge in [0.2, 0.25) is 10.0 Å². The second-order valence-corrected chi connectivity index (χ2v) is 7.70. The lowest BCUT2D eigenvalue weighted by Gasteiger charge is -2.15. The molecule has 3 rings (SSSR count). The van der Waals surface area contributed by atoms with Crippen LogP contribution in [0.2, 0.25) is 0 Å². The first kappa shape index (κ1) is 17.4. The second-order valence-electron chi connectivity index (χ2n) is 5.99. The molecule has 0 radical (unpaired) electrons. The first-order chi connectivity index (χ1) is 11.9. The molecule has 6 nitrogen and oxygen atoms in total. The van der Waals surface area contributed by atoms with Gasteiger partial charge < -0.3 is 10.1 Å². The minimum Gasteiger partial charge on any atom is -0.481 e. The molecule has 0 saturated heterocycles. The number of amides is 1. The van der Waals surface area contributed by atoms with Crippen LogP contribution >= 0.6 is 0 Å². The van der Waals surface area contributed by atoms with Gasteiger partial charge in [0.1, 0.15) is 5.75 Å². The summed E-state index contributed by atoms with van der Waals surface area (Å²) in [6.45, 7) is 1.64. The Labute approximate surface area is 147 Å². The van der Waals surface area contributed by atoms with Crippen molar-refractivity contribution >= 4 is 21.6 Å². The van der Waals surface area contributed by atoms with Gasteiger partial charge in [0.05, 0.1) is 4.90 Å². The molecule has 2 N–H and O–H groups in total. The van der Waals surface area contributed by atoms with Gasteiger partial charge in [-0.25, -0.2) is 13.1 Å². The normalized spacial score (nSPS) is 15.4. The Morgan fingerprint density at radius 1 is 1.12 bits per heavy atom. The van der Waals surface area contributed by atoms with Crippen LogP contribution in [0.15, 0.2) is 59.5 Å². The summed E-state index contributed by atoms with van der Waals surface area (Å²) in [6.07, 6.45) is 1.01. The number of hydrogen-bond acceptors (Lipinski definition) is 4. The van der Waals surface area contributed by atoms with Crippen LogP contribution in [0.5, 0.6) is 5.75 Å². The van der Waals surface area contributed by atoms with E-state index in [1.165, 1.54) is 12.1 Å². The van der Waals surface area contributed by atoms with Crippen molar-refractivity contribution in [3.8, 4) is 5.75 Å². The van der Waals surface area contributed by atoms with Crippen LogP contribution in [0.25, 0.3) is 0 Å². The van der Waals surface area contributed by atoms with Gasteiger partial charge in [-0.3, -0.25) is 4.79 Å². The molecule has 1 aliphatic carbocycles. The molecular weight excluding hydrogens is 340 g/mol. The number of ether oxygens (including phenoxy) is 1. The number of carbonyl (C=O) groups excluding carboxylic acids is 1. The zero-order valence-electron chi connectivity index (χ0n) is 13.8. The van der Waals surface area contributed by atoms with E-state index in [2.05, 4.69) is 10.0 Å². The van der Waals surface area contributed by atoms with Crippen molar-refractivity contribution in [2.24, 2.45) is 0 Å². The second kappa shape index (κ2) is 7.25. The van der Waals surface area contributed by atoms with E-state index in [1.54, 1.807) is 31.2 Å². The summed E-state index contributed by atoms with van der Waals surface area (Å²) in [4.78, 5) is 12.4. The van der Waals surface area contributed by atoms with Crippen LogP contribution in [0.1, 0.15) is 19.8 Å². The van der Waals surface area contributed by atoms with Gasteiger partial charge in [-0.2, -0.15) is 0 Å². The number of nitrogens with one attached hydrogen (secondary N) is 2. The van der Waals surface area contributed by atoms with Crippen molar-refractivity contribution in [1.29, 1.82) is 0 Å². The summed E-state index contributed by atoms with van der Waals surface area (Å²) < 4.78 is 32.7. The summed E-state index contributed by atoms with van der Waals surface area (Å²) in [7, 11) is -3.56. The third kappa shape index (κ3) is 4.80. The SMILES string of the molecule is C[C@H](Oc1ccccc1)C(=O)Nc1cccc(S(=O)(=O)NC2CC2)c1. The van der Waals surface area contributed by atoms with Crippen molar-refractivity contribution in [3.05, 3.63) is 54.6 Å². The summed E-state index contributed by atoms with van der Waals surface area (Å²) in [5, 5.41) is 2.69. The fourth-order valence-electron chi connectivity index (χ4n) is 2.23. The number of hydrogen-bond donors (Lipinski definition) is 2. The zero-order valence-corrected chi connectivity index (χ0v) is 14.6. The van der Waals surface area contributed by atoms with Crippen molar-refractivity contribution < 1.29 is 17.9 Å². The van der Waals surface area contributed by atoms with Gasteiger partial charge in [0, 0.05) is 11.7 Å². The maximum atomic E-state index is 12.3. The number of para-hydroxylation sites is 1. The highest BCUT2D eigenvalue weighted by Gasteiger charge is 2.28. The quantitative estimate of drug-likeness (QED) is 0.795. The van der Waals surface area contributed by atoms with Gasteiger partial charge in [0.15, 0.2) is 6.10 Å². The Kier molecular flexibility index (Phi) is 5.06. The van der Waals surface area contributed by atoms with Crippen molar-refractivity contribution in [1.82, 2.24) is 4.72 Å². The predicted octanol–water partition coefficient (Wildman–Crippen LogP) is 2.53. The van der Waals surface area contributed by atoms with Crippen LogP contribution in [0.3, 0.4) is 0 Å². The van der Waals surface area contributed by atoms with Crippen LogP contribution < -0.4 is 14.8 Å². The number of carbonyl (C=O) groups is 1. The Bertz CT molecular complexity index is 848. The first-order valence-corrected chi connectivity index (χ1v) is 9.57. The molecule has 0 bridgehead atoms. The Morgan fingerprint density at radius 3 is 2.52 bits per heavy atom. The molecule has 0 spiro atoms. The van der Waals surface area contributed by atoms with Crippen molar-refractivity contribution in [2.45, 2.75) is 36.8 Å². The number of anilines is 1. The topological polar surface area (TPSA) is 84.5 Å². The summed E-state index contributed by atoms with van der Waals surface area (Å²) in [5.74, 6) is 0.240. The molecule has 0 heterocycles. The van der Waals surface area contributed by atoms with E-state index >= 15 is 0 Å². The smallest absolute Gasteiger partial charge is 0.265 e. The lowest BCUT2D eigenvalue weighted by atomic mass is 10.3. The molecule has 7 heteroatoms. The molecule has 1 aliphatic rings. The first-order valence-electron chi connectivity index (χ1n) is 8.09. The van der Waals surface area contributed by atoms with Crippen molar-refractivity contribution in [2.75, 3.05) is 5.32 Å². The average Bonchev–Trinajstić information content (AvgIpc) is 3.39. The highest BCUT2D eigenvalue weighted by Crippen LogP contribution is 2.23. The summed E-state index contributed by atoms with van der Waals surface area (Å²) >= 11 is 0. The molecule has 1 saturated carbocycles. The van der Waals surface area contributed by atoms with Gasteiger partial charge in [0.25, 0.3) is 5.91 Å². The Balaban J connectivity index is 1.66. The molecule has 2 aromatic carbocycles. The summed E-state index contributed by atoms with van der Waals surface area (Å²) in [5.41, 5.74) is 0.409. The van der Waals surface area contributed by atoms with E-state index in [0.29, 0.717) is 11.4 Å². The predicted molar refractivity (Wildman–Crippen MR) is 94.9 cm³/mol. The fourth-order valence-corrected chi connectivity index (χ4v) is 3.58. The number of sulfonamides is 1. The molecular formula is C18H20N2O4S. The highest BCUT2D eigenvalue weighted by atomic mass is 32.2. The largest absolute Gasteiger partial charge is 0.481 e. The van der Waals surface area contributed by atoms with Gasteiger partial charge in [-0.1, -0.05) is 24.3 Å². The minimum atomic E-state index is -3.56. The van der Waals surface area contributed by atoms with Crippen LogP contribution in [-0.4, -0.2) is 26.5 Å². The average molecular weight is 360 g/mol. The van der Waals surface area contributed by atoms with Crippen LogP contribution in [0.4, 0.5) is 5.69 Å². The standard InChI is InChI=1S/C18H20N2O4S/c1-13(24-16-7-3-2-4-8-16)18(21)19-15-6-5-9-17(12-15)25(22,23)20-14-10-11-14/h2-9,12-14,20H,10-11H2,1H3,(H,19,21)/t13-/m0/s1. The Morgan fingerprint density at radius 2 is 1.84 bits per heavy atom. The fraction of sp³-hybridized carbons (Fsp3) is 0.278. The Hall–Kier alpha value is -2.38. The minimum absolute atomic E-state index is 0.0301. The summed E-state index contributed by atoms with van der Waals surface area (Å²) in [6, 6.07) is 15.2. The molecule has 1 atom stereocenters. The van der Waals surface area contributed by atoms with Crippen LogP contribution in [0, 0.1) is 0 Å². The maximum Gasteiger partial charge on any atom is 0.265 e.